The molecule has 1 N–H and O–H groups in total. The first kappa shape index (κ1) is 15.0. The first-order chi connectivity index (χ1) is 9.26. The second-order valence-corrected chi connectivity index (χ2v) is 6.39. The number of nitrogens with zero attached hydrogens (tertiary/aromatic N) is 2. The van der Waals surface area contributed by atoms with Crippen LogP contribution in [-0.2, 0) is 6.42 Å². The van der Waals surface area contributed by atoms with Crippen molar-refractivity contribution in [2.24, 2.45) is 0 Å². The first-order valence-electron chi connectivity index (χ1n) is 7.56. The summed E-state index contributed by atoms with van der Waals surface area (Å²) < 4.78 is 1.21. The van der Waals surface area contributed by atoms with Gasteiger partial charge in [0, 0.05) is 12.5 Å². The van der Waals surface area contributed by atoms with Crippen LogP contribution < -0.4 is 5.32 Å². The highest BCUT2D eigenvalue weighted by atomic mass is 127. The normalized spacial score (nSPS) is 16.6. The van der Waals surface area contributed by atoms with E-state index in [2.05, 4.69) is 41.8 Å². The lowest BCUT2D eigenvalue weighted by atomic mass is 9.88. The predicted octanol–water partition coefficient (Wildman–Crippen LogP) is 4.51. The van der Waals surface area contributed by atoms with E-state index in [1.165, 1.54) is 41.4 Å². The van der Waals surface area contributed by atoms with E-state index in [0.717, 1.165) is 31.0 Å². The molecule has 1 aliphatic carbocycles. The van der Waals surface area contributed by atoms with Gasteiger partial charge in [-0.3, -0.25) is 0 Å². The Labute approximate surface area is 130 Å². The van der Waals surface area contributed by atoms with Gasteiger partial charge in [-0.2, -0.15) is 0 Å². The molecule has 1 aromatic rings. The average Bonchev–Trinajstić information content (AvgIpc) is 2.44. The van der Waals surface area contributed by atoms with Crippen LogP contribution in [-0.4, -0.2) is 16.5 Å². The van der Waals surface area contributed by atoms with Crippen molar-refractivity contribution in [3.8, 4) is 0 Å². The zero-order valence-electron chi connectivity index (χ0n) is 12.0. The molecule has 2 rings (SSSR count). The quantitative estimate of drug-likeness (QED) is 0.772. The van der Waals surface area contributed by atoms with E-state index in [4.69, 9.17) is 9.97 Å². The number of anilines is 1. The Bertz CT molecular complexity index is 387. The monoisotopic (exact) mass is 373 g/mol. The van der Waals surface area contributed by atoms with E-state index in [1.807, 2.05) is 0 Å². The van der Waals surface area contributed by atoms with Crippen LogP contribution in [0.2, 0.25) is 0 Å². The minimum absolute atomic E-state index is 0.582. The molecular formula is C15H24IN3. The maximum absolute atomic E-state index is 4.87. The van der Waals surface area contributed by atoms with E-state index in [1.54, 1.807) is 0 Å². The summed E-state index contributed by atoms with van der Waals surface area (Å²) in [7, 11) is 0. The van der Waals surface area contributed by atoms with Gasteiger partial charge in [-0.25, -0.2) is 9.97 Å². The maximum Gasteiger partial charge on any atom is 0.143 e. The van der Waals surface area contributed by atoms with Crippen molar-refractivity contribution >= 4 is 28.4 Å². The predicted molar refractivity (Wildman–Crippen MR) is 88.7 cm³/mol. The minimum atomic E-state index is 0.582. The minimum Gasteiger partial charge on any atom is -0.369 e. The molecule has 4 heteroatoms. The van der Waals surface area contributed by atoms with Crippen molar-refractivity contribution in [2.45, 2.75) is 64.7 Å². The van der Waals surface area contributed by atoms with Crippen molar-refractivity contribution < 1.29 is 0 Å². The van der Waals surface area contributed by atoms with Crippen molar-refractivity contribution in [1.82, 2.24) is 9.97 Å². The second kappa shape index (κ2) is 7.41. The van der Waals surface area contributed by atoms with E-state index in [-0.39, 0.29) is 0 Å². The van der Waals surface area contributed by atoms with Crippen molar-refractivity contribution in [3.63, 3.8) is 0 Å². The van der Waals surface area contributed by atoms with E-state index < -0.39 is 0 Å². The van der Waals surface area contributed by atoms with Gasteiger partial charge in [0.1, 0.15) is 11.6 Å². The Morgan fingerprint density at radius 3 is 2.53 bits per heavy atom. The third kappa shape index (κ3) is 3.80. The highest BCUT2D eigenvalue weighted by Crippen LogP contribution is 2.32. The smallest absolute Gasteiger partial charge is 0.143 e. The molecule has 0 spiro atoms. The second-order valence-electron chi connectivity index (χ2n) is 5.31. The molecular weight excluding hydrogens is 349 g/mol. The summed E-state index contributed by atoms with van der Waals surface area (Å²) >= 11 is 2.39. The molecule has 3 nitrogen and oxygen atoms in total. The average molecular weight is 373 g/mol. The van der Waals surface area contributed by atoms with Crippen molar-refractivity contribution in [2.75, 3.05) is 11.9 Å². The topological polar surface area (TPSA) is 37.8 Å². The summed E-state index contributed by atoms with van der Waals surface area (Å²) in [6.07, 6.45) is 8.76. The van der Waals surface area contributed by atoms with Crippen LogP contribution in [0, 0.1) is 3.57 Å². The molecule has 1 aliphatic rings. The summed E-state index contributed by atoms with van der Waals surface area (Å²) in [5, 5.41) is 3.40. The van der Waals surface area contributed by atoms with Gasteiger partial charge in [0.15, 0.2) is 0 Å². The van der Waals surface area contributed by atoms with Crippen LogP contribution in [0.15, 0.2) is 0 Å². The van der Waals surface area contributed by atoms with Gasteiger partial charge in [-0.1, -0.05) is 32.6 Å². The van der Waals surface area contributed by atoms with Crippen LogP contribution in [0.3, 0.4) is 0 Å². The van der Waals surface area contributed by atoms with Gasteiger partial charge in [-0.15, -0.1) is 0 Å². The highest BCUT2D eigenvalue weighted by Gasteiger charge is 2.21. The van der Waals surface area contributed by atoms with Crippen LogP contribution in [0.1, 0.15) is 69.8 Å². The summed E-state index contributed by atoms with van der Waals surface area (Å²) in [5.41, 5.74) is 1.23. The summed E-state index contributed by atoms with van der Waals surface area (Å²) in [5.74, 6) is 2.71. The lowest BCUT2D eigenvalue weighted by molar-refractivity contribution is 0.427. The van der Waals surface area contributed by atoms with Gasteiger partial charge < -0.3 is 5.32 Å². The first-order valence-corrected chi connectivity index (χ1v) is 8.64. The number of rotatable bonds is 5. The van der Waals surface area contributed by atoms with Crippen LogP contribution >= 0.6 is 22.6 Å². The van der Waals surface area contributed by atoms with E-state index in [0.29, 0.717) is 5.92 Å². The molecule has 0 atom stereocenters. The van der Waals surface area contributed by atoms with Crippen LogP contribution in [0.25, 0.3) is 0 Å². The Morgan fingerprint density at radius 1 is 1.16 bits per heavy atom. The summed E-state index contributed by atoms with van der Waals surface area (Å²) in [6.45, 7) is 5.26. The molecule has 1 aromatic heterocycles. The fourth-order valence-corrected chi connectivity index (χ4v) is 3.44. The number of nitrogens with one attached hydrogen (secondary N) is 1. The molecule has 0 aliphatic heterocycles. The lowest BCUT2D eigenvalue weighted by Gasteiger charge is -2.22. The zero-order valence-corrected chi connectivity index (χ0v) is 14.2. The molecule has 0 saturated heterocycles. The van der Waals surface area contributed by atoms with Gasteiger partial charge in [-0.05, 0) is 48.8 Å². The summed E-state index contributed by atoms with van der Waals surface area (Å²) in [4.78, 5) is 9.67. The van der Waals surface area contributed by atoms with Gasteiger partial charge in [0.2, 0.25) is 0 Å². The van der Waals surface area contributed by atoms with Gasteiger partial charge >= 0.3 is 0 Å². The highest BCUT2D eigenvalue weighted by molar-refractivity contribution is 14.1. The molecule has 0 unspecified atom stereocenters. The van der Waals surface area contributed by atoms with Crippen LogP contribution in [0.5, 0.6) is 0 Å². The maximum atomic E-state index is 4.87. The Morgan fingerprint density at radius 2 is 1.89 bits per heavy atom. The largest absolute Gasteiger partial charge is 0.369 e. The van der Waals surface area contributed by atoms with Gasteiger partial charge in [0.05, 0.1) is 9.26 Å². The van der Waals surface area contributed by atoms with Gasteiger partial charge in [0.25, 0.3) is 0 Å². The molecule has 106 valence electrons. The van der Waals surface area contributed by atoms with E-state index >= 15 is 0 Å². The molecule has 19 heavy (non-hydrogen) atoms. The molecule has 1 fully saturated rings. The lowest BCUT2D eigenvalue weighted by Crippen LogP contribution is -2.14. The number of hydrogen-bond acceptors (Lipinski definition) is 3. The third-order valence-electron chi connectivity index (χ3n) is 3.74. The van der Waals surface area contributed by atoms with Crippen molar-refractivity contribution in [3.05, 3.63) is 15.1 Å². The summed E-state index contributed by atoms with van der Waals surface area (Å²) in [6, 6.07) is 0. The SMILES string of the molecule is CCCc1nc(C2CCCCC2)nc(NCC)c1I. The molecule has 0 bridgehead atoms. The van der Waals surface area contributed by atoms with Crippen molar-refractivity contribution in [1.29, 1.82) is 0 Å². The standard InChI is InChI=1S/C15H24IN3/c1-3-8-12-13(16)15(17-4-2)19-14(18-12)11-9-6-5-7-10-11/h11H,3-10H2,1-2H3,(H,17,18,19). The molecule has 0 radical (unpaired) electrons. The third-order valence-corrected chi connectivity index (χ3v) is 4.87. The number of halogens is 1. The molecule has 1 saturated carbocycles. The number of hydrogen-bond donors (Lipinski definition) is 1. The fraction of sp³-hybridized carbons (Fsp3) is 0.733. The Hall–Kier alpha value is -0.390. The molecule has 0 amide bonds. The number of aromatic nitrogens is 2. The molecule has 1 heterocycles. The Balaban J connectivity index is 2.30. The zero-order chi connectivity index (χ0) is 13.7. The Kier molecular flexibility index (Phi) is 5.85. The van der Waals surface area contributed by atoms with Crippen LogP contribution in [0.4, 0.5) is 5.82 Å². The fourth-order valence-electron chi connectivity index (χ4n) is 2.74. The number of aryl methyl sites for hydroxylation is 1. The van der Waals surface area contributed by atoms with E-state index in [9.17, 15) is 0 Å². The molecule has 0 aromatic carbocycles.